The van der Waals surface area contributed by atoms with Crippen LogP contribution in [0.1, 0.15) is 0 Å². The highest BCUT2D eigenvalue weighted by molar-refractivity contribution is 6.29. The first-order valence-corrected chi connectivity index (χ1v) is 19.3. The van der Waals surface area contributed by atoms with E-state index in [0.717, 1.165) is 72.4 Å². The van der Waals surface area contributed by atoms with Gasteiger partial charge in [-0.05, 0) is 59.7 Å². The van der Waals surface area contributed by atoms with Crippen molar-refractivity contribution in [2.75, 3.05) is 0 Å². The normalized spacial score (nSPS) is 11.5. The first-order chi connectivity index (χ1) is 28.3. The summed E-state index contributed by atoms with van der Waals surface area (Å²) < 4.78 is 2.39. The third kappa shape index (κ3) is 5.66. The minimum absolute atomic E-state index is 0.688. The monoisotopic (exact) mass is 726 g/mol. The molecule has 0 bridgehead atoms. The van der Waals surface area contributed by atoms with Crippen molar-refractivity contribution in [2.45, 2.75) is 0 Å². The Hall–Kier alpha value is -7.69. The van der Waals surface area contributed by atoms with E-state index in [-0.39, 0.29) is 0 Å². The lowest BCUT2D eigenvalue weighted by Crippen LogP contribution is -1.96. The number of fused-ring (bicyclic) bond motifs is 7. The molecule has 0 N–H and O–H groups in total. The Morgan fingerprint density at radius 1 is 0.316 bits per heavy atom. The third-order valence-electron chi connectivity index (χ3n) is 11.0. The maximum Gasteiger partial charge on any atom is 0.160 e. The molecule has 0 radical (unpaired) electrons. The molecule has 3 aromatic heterocycles. The fourth-order valence-corrected chi connectivity index (χ4v) is 8.33. The van der Waals surface area contributed by atoms with E-state index in [9.17, 15) is 0 Å². The second kappa shape index (κ2) is 13.6. The summed E-state index contributed by atoms with van der Waals surface area (Å²) >= 11 is 0. The highest BCUT2D eigenvalue weighted by Crippen LogP contribution is 2.43. The van der Waals surface area contributed by atoms with Crippen molar-refractivity contribution >= 4 is 43.5 Å². The largest absolute Gasteiger partial charge is 0.309 e. The van der Waals surface area contributed by atoms with Gasteiger partial charge in [-0.1, -0.05) is 158 Å². The number of hydrogen-bond donors (Lipinski definition) is 0. The van der Waals surface area contributed by atoms with Crippen molar-refractivity contribution < 1.29 is 0 Å². The summed E-state index contributed by atoms with van der Waals surface area (Å²) in [4.78, 5) is 15.6. The summed E-state index contributed by atoms with van der Waals surface area (Å²) in [5.41, 5.74) is 13.5. The zero-order chi connectivity index (χ0) is 37.7. The van der Waals surface area contributed by atoms with Gasteiger partial charge in [-0.15, -0.1) is 0 Å². The zero-order valence-electron chi connectivity index (χ0n) is 30.9. The Balaban J connectivity index is 1.15. The minimum atomic E-state index is 0.688. The minimum Gasteiger partial charge on any atom is -0.309 e. The van der Waals surface area contributed by atoms with Crippen LogP contribution in [0.5, 0.6) is 0 Å². The first kappa shape index (κ1) is 32.7. The van der Waals surface area contributed by atoms with E-state index in [2.05, 4.69) is 174 Å². The maximum atomic E-state index is 5.38. The predicted octanol–water partition coefficient (Wildman–Crippen LogP) is 13.6. The highest BCUT2D eigenvalue weighted by atomic mass is 15.0. The van der Waals surface area contributed by atoms with Gasteiger partial charge < -0.3 is 4.57 Å². The molecule has 0 saturated carbocycles. The Bertz CT molecular complexity index is 3210. The van der Waals surface area contributed by atoms with E-state index in [1.165, 1.54) is 27.2 Å². The average Bonchev–Trinajstić information content (AvgIpc) is 3.64. The Morgan fingerprint density at radius 3 is 1.60 bits per heavy atom. The smallest absolute Gasteiger partial charge is 0.160 e. The van der Waals surface area contributed by atoms with E-state index in [4.69, 9.17) is 15.0 Å². The van der Waals surface area contributed by atoms with Crippen LogP contribution in [0, 0.1) is 0 Å². The average molecular weight is 727 g/mol. The molecule has 0 saturated heterocycles. The van der Waals surface area contributed by atoms with Gasteiger partial charge in [-0.25, -0.2) is 15.0 Å². The highest BCUT2D eigenvalue weighted by Gasteiger charge is 2.20. The van der Waals surface area contributed by atoms with E-state index in [1.54, 1.807) is 0 Å². The van der Waals surface area contributed by atoms with Crippen LogP contribution in [0.15, 0.2) is 206 Å². The first-order valence-electron chi connectivity index (χ1n) is 19.3. The SMILES string of the molecule is c1ccc(-c2cc(-c3ccccc3)nc(-c3cccc(-c4ccc5nc(-c6ccccc6)c6ccc7c(c8ccccc8n7-c7ccccc7)c6c5c4)c3)n2)cc1. The van der Waals surface area contributed by atoms with E-state index in [0.29, 0.717) is 5.82 Å². The van der Waals surface area contributed by atoms with Gasteiger partial charge in [0.15, 0.2) is 5.82 Å². The number of hydrogen-bond acceptors (Lipinski definition) is 3. The fourth-order valence-electron chi connectivity index (χ4n) is 8.33. The van der Waals surface area contributed by atoms with Gasteiger partial charge in [0.2, 0.25) is 0 Å². The molecule has 8 aromatic carbocycles. The van der Waals surface area contributed by atoms with Gasteiger partial charge in [-0.3, -0.25) is 0 Å². The fraction of sp³-hybridized carbons (Fsp3) is 0. The molecule has 0 spiro atoms. The Labute approximate surface area is 330 Å². The molecule has 0 aliphatic heterocycles. The molecular formula is C53H34N4. The molecule has 3 heterocycles. The van der Waals surface area contributed by atoms with Crippen molar-refractivity contribution in [3.8, 4) is 62.0 Å². The molecule has 4 heteroatoms. The quantitative estimate of drug-likeness (QED) is 0.160. The molecule has 11 aromatic rings. The van der Waals surface area contributed by atoms with Crippen LogP contribution < -0.4 is 0 Å². The van der Waals surface area contributed by atoms with Crippen LogP contribution in [0.4, 0.5) is 0 Å². The molecule has 0 unspecified atom stereocenters. The maximum absolute atomic E-state index is 5.38. The number of benzene rings is 8. The third-order valence-corrected chi connectivity index (χ3v) is 11.0. The van der Waals surface area contributed by atoms with Gasteiger partial charge in [0.25, 0.3) is 0 Å². The van der Waals surface area contributed by atoms with Crippen molar-refractivity contribution in [1.29, 1.82) is 0 Å². The van der Waals surface area contributed by atoms with Gasteiger partial charge in [0.1, 0.15) is 0 Å². The van der Waals surface area contributed by atoms with Crippen LogP contribution in [0.3, 0.4) is 0 Å². The molecule has 0 atom stereocenters. The van der Waals surface area contributed by atoms with Crippen LogP contribution in [0.25, 0.3) is 105 Å². The van der Waals surface area contributed by atoms with Crippen molar-refractivity contribution in [2.24, 2.45) is 0 Å². The van der Waals surface area contributed by atoms with Crippen molar-refractivity contribution in [3.05, 3.63) is 206 Å². The van der Waals surface area contributed by atoms with Crippen LogP contribution in [-0.2, 0) is 0 Å². The molecule has 0 aliphatic rings. The molecule has 0 aliphatic carbocycles. The van der Waals surface area contributed by atoms with Gasteiger partial charge >= 0.3 is 0 Å². The topological polar surface area (TPSA) is 43.6 Å². The summed E-state index contributed by atoms with van der Waals surface area (Å²) in [7, 11) is 0. The lowest BCUT2D eigenvalue weighted by Gasteiger charge is -2.14. The van der Waals surface area contributed by atoms with Gasteiger partial charge in [-0.2, -0.15) is 0 Å². The van der Waals surface area contributed by atoms with Crippen LogP contribution >= 0.6 is 0 Å². The number of rotatable bonds is 6. The van der Waals surface area contributed by atoms with Crippen molar-refractivity contribution in [3.63, 3.8) is 0 Å². The molecular weight excluding hydrogens is 693 g/mol. The predicted molar refractivity (Wildman–Crippen MR) is 236 cm³/mol. The zero-order valence-corrected chi connectivity index (χ0v) is 30.9. The standard InChI is InChI=1S/C53H34N4/c1-5-16-35(17-6-1)46-34-47(36-18-7-2-8-19-36)56-53(55-46)40-23-15-22-38(32-40)39-28-30-45-44(33-39)50-43(52(54-45)37-20-9-3-10-21-37)29-31-49-51(50)42-26-13-14-27-48(42)57(49)41-24-11-4-12-25-41/h1-34H. The number of para-hydroxylation sites is 2. The van der Waals surface area contributed by atoms with E-state index in [1.807, 2.05) is 36.4 Å². The lowest BCUT2D eigenvalue weighted by atomic mass is 9.94. The summed E-state index contributed by atoms with van der Waals surface area (Å²) in [6.45, 7) is 0. The lowest BCUT2D eigenvalue weighted by molar-refractivity contribution is 1.18. The Morgan fingerprint density at radius 2 is 0.895 bits per heavy atom. The summed E-state index contributed by atoms with van der Waals surface area (Å²) in [5.74, 6) is 0.688. The van der Waals surface area contributed by atoms with Gasteiger partial charge in [0, 0.05) is 54.9 Å². The van der Waals surface area contributed by atoms with Crippen LogP contribution in [0.2, 0.25) is 0 Å². The molecule has 0 amide bonds. The summed E-state index contributed by atoms with van der Waals surface area (Å²) in [5, 5.41) is 5.88. The molecule has 266 valence electrons. The second-order valence-electron chi connectivity index (χ2n) is 14.4. The summed E-state index contributed by atoms with van der Waals surface area (Å²) in [6.07, 6.45) is 0. The number of pyridine rings is 1. The van der Waals surface area contributed by atoms with E-state index < -0.39 is 0 Å². The molecule has 4 nitrogen and oxygen atoms in total. The number of nitrogens with zero attached hydrogens (tertiary/aromatic N) is 4. The Kier molecular flexibility index (Phi) is 7.78. The van der Waals surface area contributed by atoms with Crippen molar-refractivity contribution in [1.82, 2.24) is 19.5 Å². The molecule has 57 heavy (non-hydrogen) atoms. The molecule has 11 rings (SSSR count). The van der Waals surface area contributed by atoms with Gasteiger partial charge in [0.05, 0.1) is 33.6 Å². The molecule has 0 fully saturated rings. The second-order valence-corrected chi connectivity index (χ2v) is 14.4. The van der Waals surface area contributed by atoms with Crippen LogP contribution in [-0.4, -0.2) is 19.5 Å². The summed E-state index contributed by atoms with van der Waals surface area (Å²) in [6, 6.07) is 72.5. The number of aromatic nitrogens is 4. The van der Waals surface area contributed by atoms with E-state index >= 15 is 0 Å².